The average Bonchev–Trinajstić information content (AvgIpc) is 2.23. The first-order valence-electron chi connectivity index (χ1n) is 5.74. The van der Waals surface area contributed by atoms with E-state index in [1.165, 1.54) is 0 Å². The third-order valence-electron chi connectivity index (χ3n) is 1.22. The van der Waals surface area contributed by atoms with Crippen molar-refractivity contribution in [2.45, 2.75) is 12.5 Å². The highest BCUT2D eigenvalue weighted by Gasteiger charge is 2.10. The van der Waals surface area contributed by atoms with Crippen LogP contribution < -0.4 is 0 Å². The second-order valence-corrected chi connectivity index (χ2v) is 2.15. The molecule has 1 rings (SSSR count). The zero-order valence-corrected chi connectivity index (χ0v) is 6.09. The summed E-state index contributed by atoms with van der Waals surface area (Å²) in [5.41, 5.74) is -0.390. The molecule has 64 valence electrons. The standard InChI is InChI=1S/C9H10O3/c10-8(6-9(11)12)7-4-2-1-3-5-7/h1-5,8,10H,6H2,(H,11,12)/i1D,2D,3D,4D,5D,6+1,9+1. The van der Waals surface area contributed by atoms with Crippen LogP contribution >= 0.6 is 0 Å². The molecular formula is C9H10O3. The zero-order chi connectivity index (χ0) is 13.3. The maximum Gasteiger partial charge on any atom is 0.306 e. The summed E-state index contributed by atoms with van der Waals surface area (Å²) in [5.74, 6) is -1.32. The molecule has 0 aromatic heterocycles. The fourth-order valence-electron chi connectivity index (χ4n) is 0.694. The van der Waals surface area contributed by atoms with Crippen molar-refractivity contribution >= 4 is 5.97 Å². The maximum absolute atomic E-state index is 10.4. The number of benzene rings is 1. The highest BCUT2D eigenvalue weighted by atomic mass is 16.5. The van der Waals surface area contributed by atoms with E-state index in [0.29, 0.717) is 0 Å². The Kier molecular flexibility index (Phi) is 1.31. The number of aliphatic carboxylic acids is 1. The Balaban J connectivity index is 3.38. The Bertz CT molecular complexity index is 445. The first-order chi connectivity index (χ1) is 7.77. The van der Waals surface area contributed by atoms with Crippen LogP contribution in [-0.4, -0.2) is 16.2 Å². The average molecular weight is 173 g/mol. The summed E-state index contributed by atoms with van der Waals surface area (Å²) in [6.07, 6.45) is -2.34. The molecule has 0 bridgehead atoms. The van der Waals surface area contributed by atoms with Gasteiger partial charge in [-0.3, -0.25) is 4.79 Å². The number of aliphatic hydroxyl groups excluding tert-OH is 1. The van der Waals surface area contributed by atoms with Crippen molar-refractivity contribution in [3.63, 3.8) is 0 Å². The second-order valence-electron chi connectivity index (χ2n) is 2.15. The molecule has 0 fully saturated rings. The summed E-state index contributed by atoms with van der Waals surface area (Å²) in [6, 6.07) is -2.92. The predicted octanol–water partition coefficient (Wildman–Crippen LogP) is 1.19. The van der Waals surface area contributed by atoms with Crippen LogP contribution in [0.5, 0.6) is 0 Å². The summed E-state index contributed by atoms with van der Waals surface area (Å²) in [7, 11) is 0. The van der Waals surface area contributed by atoms with E-state index in [0.717, 1.165) is 0 Å². The first kappa shape index (κ1) is 4.05. The molecule has 3 heteroatoms. The minimum atomic E-state index is -1.62. The van der Waals surface area contributed by atoms with Crippen LogP contribution in [0.15, 0.2) is 30.2 Å². The molecule has 1 aromatic rings. The topological polar surface area (TPSA) is 57.5 Å². The van der Waals surface area contributed by atoms with E-state index in [2.05, 4.69) is 0 Å². The molecule has 0 saturated heterocycles. The van der Waals surface area contributed by atoms with Crippen LogP contribution in [0.4, 0.5) is 0 Å². The van der Waals surface area contributed by atoms with Gasteiger partial charge < -0.3 is 10.2 Å². The summed E-state index contributed by atoms with van der Waals surface area (Å²) < 4.78 is 37.0. The molecule has 1 unspecified atom stereocenters. The van der Waals surface area contributed by atoms with E-state index in [-0.39, 0.29) is 0 Å². The van der Waals surface area contributed by atoms with Crippen LogP contribution in [0.25, 0.3) is 0 Å². The van der Waals surface area contributed by atoms with Crippen molar-refractivity contribution in [3.8, 4) is 0 Å². The predicted molar refractivity (Wildman–Crippen MR) is 43.7 cm³/mol. The normalized spacial score (nSPS) is 18.2. The van der Waals surface area contributed by atoms with E-state index in [1.807, 2.05) is 0 Å². The molecule has 0 aliphatic heterocycles. The number of rotatable bonds is 3. The molecule has 0 amide bonds. The van der Waals surface area contributed by atoms with Gasteiger partial charge in [0.1, 0.15) is 0 Å². The van der Waals surface area contributed by atoms with Gasteiger partial charge in [-0.25, -0.2) is 0 Å². The number of hydrogen-bond donors (Lipinski definition) is 2. The Morgan fingerprint density at radius 1 is 1.50 bits per heavy atom. The van der Waals surface area contributed by atoms with Gasteiger partial charge >= 0.3 is 5.97 Å². The van der Waals surface area contributed by atoms with Gasteiger partial charge in [0.05, 0.1) is 19.4 Å². The molecule has 0 aliphatic carbocycles. The van der Waals surface area contributed by atoms with E-state index in [9.17, 15) is 9.90 Å². The number of carboxylic acid groups (broad SMARTS) is 1. The fourth-order valence-corrected chi connectivity index (χ4v) is 0.694. The van der Waals surface area contributed by atoms with Gasteiger partial charge in [0.15, 0.2) is 0 Å². The Morgan fingerprint density at radius 3 is 2.58 bits per heavy atom. The van der Waals surface area contributed by atoms with Crippen LogP contribution in [0.2, 0.25) is 0 Å². The van der Waals surface area contributed by atoms with E-state index < -0.39 is 54.3 Å². The summed E-state index contributed by atoms with van der Waals surface area (Å²) in [5, 5.41) is 18.1. The lowest BCUT2D eigenvalue weighted by molar-refractivity contribution is -0.139. The quantitative estimate of drug-likeness (QED) is 0.675. The van der Waals surface area contributed by atoms with Crippen LogP contribution in [0.3, 0.4) is 0 Å². The Morgan fingerprint density at radius 2 is 2.08 bits per heavy atom. The highest BCUT2D eigenvalue weighted by Crippen LogP contribution is 2.15. The van der Waals surface area contributed by atoms with Crippen molar-refractivity contribution in [2.24, 2.45) is 0 Å². The molecule has 0 spiro atoms. The molecule has 12 heavy (non-hydrogen) atoms. The minimum Gasteiger partial charge on any atom is -0.481 e. The zero-order valence-electron chi connectivity index (χ0n) is 11.1. The van der Waals surface area contributed by atoms with Gasteiger partial charge in [0, 0.05) is 0 Å². The van der Waals surface area contributed by atoms with Crippen LogP contribution in [0.1, 0.15) is 24.9 Å². The lowest BCUT2D eigenvalue weighted by Gasteiger charge is -2.06. The highest BCUT2D eigenvalue weighted by molar-refractivity contribution is 5.67. The molecule has 3 nitrogen and oxygen atoms in total. The second kappa shape index (κ2) is 3.88. The van der Waals surface area contributed by atoms with Crippen LogP contribution in [-0.2, 0) is 4.79 Å². The molecule has 1 aromatic carbocycles. The summed E-state index contributed by atoms with van der Waals surface area (Å²) in [4.78, 5) is 10.4. The Labute approximate surface area is 77.3 Å². The molecule has 1 atom stereocenters. The van der Waals surface area contributed by atoms with E-state index in [1.54, 1.807) is 0 Å². The van der Waals surface area contributed by atoms with Gasteiger partial charge in [-0.15, -0.1) is 0 Å². The van der Waals surface area contributed by atoms with Gasteiger partial charge in [-0.1, -0.05) is 30.2 Å². The molecule has 0 radical (unpaired) electrons. The van der Waals surface area contributed by atoms with Gasteiger partial charge in [0.25, 0.3) is 0 Å². The van der Waals surface area contributed by atoms with E-state index in [4.69, 9.17) is 12.0 Å². The third kappa shape index (κ3) is 2.36. The third-order valence-corrected chi connectivity index (χ3v) is 1.22. The van der Waals surface area contributed by atoms with Crippen molar-refractivity contribution in [1.29, 1.82) is 0 Å². The molecule has 2 N–H and O–H groups in total. The number of carboxylic acids is 1. The maximum atomic E-state index is 10.4. The lowest BCUT2D eigenvalue weighted by Crippen LogP contribution is -2.04. The SMILES string of the molecule is [2H]c1c([2H])c([2H])c(C(O)[13CH2][13C](=O)O)c([2H])c1[2H]. The fraction of sp³-hybridized carbons (Fsp3) is 0.222. The minimum absolute atomic E-state index is 0.390. The summed E-state index contributed by atoms with van der Waals surface area (Å²) >= 11 is 0. The number of aliphatic hydroxyl groups is 1. The smallest absolute Gasteiger partial charge is 0.306 e. The molecule has 0 heterocycles. The van der Waals surface area contributed by atoms with E-state index >= 15 is 0 Å². The van der Waals surface area contributed by atoms with Gasteiger partial charge in [-0.05, 0) is 5.56 Å². The Hall–Kier alpha value is -1.35. The largest absolute Gasteiger partial charge is 0.481 e. The van der Waals surface area contributed by atoms with Crippen molar-refractivity contribution < 1.29 is 21.9 Å². The molecule has 0 aliphatic rings. The van der Waals surface area contributed by atoms with Crippen molar-refractivity contribution in [1.82, 2.24) is 0 Å². The monoisotopic (exact) mass is 173 g/mol. The van der Waals surface area contributed by atoms with Crippen LogP contribution in [0, 0.1) is 0 Å². The van der Waals surface area contributed by atoms with Gasteiger partial charge in [0.2, 0.25) is 0 Å². The van der Waals surface area contributed by atoms with Crippen molar-refractivity contribution in [3.05, 3.63) is 35.8 Å². The molecular weight excluding hydrogens is 158 g/mol. The summed E-state index contributed by atoms with van der Waals surface area (Å²) in [6.45, 7) is 0. The number of hydrogen-bond acceptors (Lipinski definition) is 2. The first-order valence-corrected chi connectivity index (χ1v) is 3.24. The van der Waals surface area contributed by atoms with Crippen molar-refractivity contribution in [2.75, 3.05) is 0 Å². The number of carbonyl (C=O) groups is 1. The van der Waals surface area contributed by atoms with Gasteiger partial charge in [-0.2, -0.15) is 0 Å². The molecule has 0 saturated carbocycles. The lowest BCUT2D eigenvalue weighted by atomic mass is 10.2.